The Balaban J connectivity index is 1.76. The fourth-order valence-electron chi connectivity index (χ4n) is 2.36. The molecule has 2 fully saturated rings. The molecule has 1 aromatic carbocycles. The van der Waals surface area contributed by atoms with Crippen molar-refractivity contribution in [2.75, 3.05) is 6.54 Å². The van der Waals surface area contributed by atoms with Gasteiger partial charge in [0.1, 0.15) is 0 Å². The number of carbonyl (C=O) groups excluding carboxylic acids is 1. The number of amides is 1. The van der Waals surface area contributed by atoms with Crippen molar-refractivity contribution in [2.45, 2.75) is 25.0 Å². The molecule has 0 aliphatic carbocycles. The molecule has 1 aromatic rings. The molecule has 6 nitrogen and oxygen atoms in total. The summed E-state index contributed by atoms with van der Waals surface area (Å²) in [6.07, 6.45) is -2.87. The van der Waals surface area contributed by atoms with Gasteiger partial charge in [-0.05, 0) is 5.56 Å². The van der Waals surface area contributed by atoms with Gasteiger partial charge in [0.25, 0.3) is 5.91 Å². The predicted octanol–water partition coefficient (Wildman–Crippen LogP) is 0.223. The van der Waals surface area contributed by atoms with Crippen LogP contribution in [0.1, 0.15) is 5.56 Å². The molecule has 0 spiro atoms. The van der Waals surface area contributed by atoms with Crippen LogP contribution in [0.2, 0.25) is 0 Å². The molecule has 0 radical (unpaired) electrons. The number of benzene rings is 1. The van der Waals surface area contributed by atoms with Crippen LogP contribution in [-0.4, -0.2) is 46.9 Å². The number of rotatable bonds is 3. The lowest BCUT2D eigenvalue weighted by Gasteiger charge is -2.30. The van der Waals surface area contributed by atoms with Gasteiger partial charge in [0, 0.05) is 6.54 Å². The number of morpholine rings is 1. The first-order chi connectivity index (χ1) is 9.15. The van der Waals surface area contributed by atoms with Crippen molar-refractivity contribution in [1.29, 1.82) is 0 Å². The number of carbonyl (C=O) groups is 2. The molecule has 0 unspecified atom stereocenters. The van der Waals surface area contributed by atoms with E-state index >= 15 is 0 Å². The third kappa shape index (κ3) is 2.20. The molecule has 0 saturated carbocycles. The average molecular weight is 263 g/mol. The second-order valence-electron chi connectivity index (χ2n) is 4.59. The maximum atomic E-state index is 12.2. The van der Waals surface area contributed by atoms with Crippen LogP contribution in [0, 0.1) is 0 Å². The number of nitrogens with zero attached hydrogens (tertiary/aromatic N) is 1. The summed E-state index contributed by atoms with van der Waals surface area (Å²) in [5, 5.41) is 8.98. The van der Waals surface area contributed by atoms with E-state index in [1.54, 1.807) is 4.90 Å². The van der Waals surface area contributed by atoms with Gasteiger partial charge in [-0.15, -0.1) is 0 Å². The van der Waals surface area contributed by atoms with E-state index in [4.69, 9.17) is 14.6 Å². The molecule has 2 saturated heterocycles. The van der Waals surface area contributed by atoms with Crippen LogP contribution < -0.4 is 0 Å². The number of carboxylic acid groups (broad SMARTS) is 1. The molecule has 0 aromatic heterocycles. The Morgan fingerprint density at radius 2 is 2.05 bits per heavy atom. The summed E-state index contributed by atoms with van der Waals surface area (Å²) in [7, 11) is 0. The molecule has 19 heavy (non-hydrogen) atoms. The molecule has 6 heteroatoms. The van der Waals surface area contributed by atoms with Crippen LogP contribution in [0.15, 0.2) is 30.3 Å². The summed E-state index contributed by atoms with van der Waals surface area (Å²) in [6.45, 7) is 0.694. The SMILES string of the molecule is O=C(O)[C@H]1O[C@@H]2CN(Cc3ccccc3)C(=O)[C@H]1O2. The molecule has 2 heterocycles. The number of hydrogen-bond donors (Lipinski definition) is 1. The van der Waals surface area contributed by atoms with E-state index in [-0.39, 0.29) is 12.5 Å². The molecular weight excluding hydrogens is 250 g/mol. The molecule has 1 amide bonds. The molecular formula is C13H13NO5. The Labute approximate surface area is 109 Å². The minimum atomic E-state index is -1.20. The summed E-state index contributed by atoms with van der Waals surface area (Å²) in [5.41, 5.74) is 0.990. The third-order valence-corrected chi connectivity index (χ3v) is 3.26. The van der Waals surface area contributed by atoms with Gasteiger partial charge in [0.2, 0.25) is 0 Å². The average Bonchev–Trinajstić information content (AvgIpc) is 2.77. The number of aliphatic carboxylic acids is 1. The van der Waals surface area contributed by atoms with Crippen LogP contribution in [0.5, 0.6) is 0 Å². The molecule has 100 valence electrons. The monoisotopic (exact) mass is 263 g/mol. The molecule has 2 aliphatic heterocycles. The van der Waals surface area contributed by atoms with E-state index in [9.17, 15) is 9.59 Å². The first-order valence-corrected chi connectivity index (χ1v) is 6.01. The van der Waals surface area contributed by atoms with Gasteiger partial charge in [0.05, 0.1) is 6.54 Å². The van der Waals surface area contributed by atoms with Crippen LogP contribution in [0.25, 0.3) is 0 Å². The van der Waals surface area contributed by atoms with Gasteiger partial charge in [-0.3, -0.25) is 4.79 Å². The topological polar surface area (TPSA) is 76.1 Å². The molecule has 3 rings (SSSR count). The zero-order valence-electron chi connectivity index (χ0n) is 10.1. The number of carboxylic acids is 1. The fraction of sp³-hybridized carbons (Fsp3) is 0.385. The highest BCUT2D eigenvalue weighted by Gasteiger charge is 2.51. The van der Waals surface area contributed by atoms with Gasteiger partial charge >= 0.3 is 5.97 Å². The first-order valence-electron chi connectivity index (χ1n) is 6.01. The zero-order valence-corrected chi connectivity index (χ0v) is 10.1. The van der Waals surface area contributed by atoms with Gasteiger partial charge in [-0.25, -0.2) is 4.79 Å². The summed E-state index contributed by atoms with van der Waals surface area (Å²) in [6, 6.07) is 9.52. The van der Waals surface area contributed by atoms with Gasteiger partial charge in [0.15, 0.2) is 18.5 Å². The summed E-state index contributed by atoms with van der Waals surface area (Å²) >= 11 is 0. The standard InChI is InChI=1S/C13H13NO5/c15-12-10-11(13(16)17)19-9(18-10)7-14(12)6-8-4-2-1-3-5-8/h1-5,9-11H,6-7H2,(H,16,17)/t9-,10+,11+/m1/s1. The summed E-state index contributed by atoms with van der Waals surface area (Å²) in [4.78, 5) is 24.7. The van der Waals surface area contributed by atoms with E-state index in [1.165, 1.54) is 0 Å². The van der Waals surface area contributed by atoms with Crippen LogP contribution in [-0.2, 0) is 25.6 Å². The molecule has 2 bridgehead atoms. The minimum absolute atomic E-state index is 0.258. The van der Waals surface area contributed by atoms with E-state index in [0.29, 0.717) is 6.54 Å². The van der Waals surface area contributed by atoms with Gasteiger partial charge in [-0.1, -0.05) is 30.3 Å². The van der Waals surface area contributed by atoms with Gasteiger partial charge in [-0.2, -0.15) is 0 Å². The Morgan fingerprint density at radius 3 is 2.74 bits per heavy atom. The van der Waals surface area contributed by atoms with E-state index < -0.39 is 24.5 Å². The number of fused-ring (bicyclic) bond motifs is 2. The van der Waals surface area contributed by atoms with Crippen molar-refractivity contribution in [2.24, 2.45) is 0 Å². The Hall–Kier alpha value is -1.92. The van der Waals surface area contributed by atoms with Crippen molar-refractivity contribution in [1.82, 2.24) is 4.90 Å². The fourth-order valence-corrected chi connectivity index (χ4v) is 2.36. The molecule has 1 N–H and O–H groups in total. The van der Waals surface area contributed by atoms with Gasteiger partial charge < -0.3 is 19.5 Å². The van der Waals surface area contributed by atoms with Crippen molar-refractivity contribution in [3.63, 3.8) is 0 Å². The van der Waals surface area contributed by atoms with E-state index in [0.717, 1.165) is 5.56 Å². The lowest BCUT2D eigenvalue weighted by molar-refractivity contribution is -0.162. The largest absolute Gasteiger partial charge is 0.479 e. The van der Waals surface area contributed by atoms with Crippen LogP contribution in [0.3, 0.4) is 0 Å². The smallest absolute Gasteiger partial charge is 0.336 e. The van der Waals surface area contributed by atoms with Crippen LogP contribution >= 0.6 is 0 Å². The maximum absolute atomic E-state index is 12.2. The van der Waals surface area contributed by atoms with E-state index in [1.807, 2.05) is 30.3 Å². The molecule has 2 aliphatic rings. The second-order valence-corrected chi connectivity index (χ2v) is 4.59. The van der Waals surface area contributed by atoms with Crippen molar-refractivity contribution in [3.8, 4) is 0 Å². The quantitative estimate of drug-likeness (QED) is 0.844. The summed E-state index contributed by atoms with van der Waals surface area (Å²) < 4.78 is 10.5. The summed E-state index contributed by atoms with van der Waals surface area (Å²) in [5.74, 6) is -1.49. The number of hydrogen-bond acceptors (Lipinski definition) is 4. The normalized spacial score (nSPS) is 29.6. The van der Waals surface area contributed by atoms with Crippen LogP contribution in [0.4, 0.5) is 0 Å². The Kier molecular flexibility index (Phi) is 2.96. The van der Waals surface area contributed by atoms with E-state index in [2.05, 4.69) is 0 Å². The number of ether oxygens (including phenoxy) is 2. The Bertz CT molecular complexity index is 503. The maximum Gasteiger partial charge on any atom is 0.336 e. The third-order valence-electron chi connectivity index (χ3n) is 3.26. The highest BCUT2D eigenvalue weighted by Crippen LogP contribution is 2.28. The van der Waals surface area contributed by atoms with Crippen molar-refractivity contribution >= 4 is 11.9 Å². The minimum Gasteiger partial charge on any atom is -0.479 e. The first kappa shape index (κ1) is 12.1. The Morgan fingerprint density at radius 1 is 1.32 bits per heavy atom. The highest BCUT2D eigenvalue weighted by molar-refractivity contribution is 5.89. The lowest BCUT2D eigenvalue weighted by atomic mass is 10.1. The van der Waals surface area contributed by atoms with Crippen molar-refractivity contribution in [3.05, 3.63) is 35.9 Å². The molecule has 3 atom stereocenters. The van der Waals surface area contributed by atoms with Crippen molar-refractivity contribution < 1.29 is 24.2 Å². The lowest BCUT2D eigenvalue weighted by Crippen LogP contribution is -2.49. The second kappa shape index (κ2) is 4.64. The zero-order chi connectivity index (χ0) is 13.4. The predicted molar refractivity (Wildman–Crippen MR) is 63.0 cm³/mol. The highest BCUT2D eigenvalue weighted by atomic mass is 16.7.